The lowest BCUT2D eigenvalue weighted by Crippen LogP contribution is -2.31. The average Bonchev–Trinajstić information content (AvgIpc) is 3.09. The number of aromatic nitrogens is 2. The third kappa shape index (κ3) is 3.56. The summed E-state index contributed by atoms with van der Waals surface area (Å²) in [5.41, 5.74) is 0.534. The maximum atomic E-state index is 12.7. The smallest absolute Gasteiger partial charge is 0.254 e. The van der Waals surface area contributed by atoms with Gasteiger partial charge >= 0.3 is 0 Å². The molecule has 1 amide bonds. The van der Waals surface area contributed by atoms with Crippen molar-refractivity contribution in [2.24, 2.45) is 0 Å². The molecule has 0 bridgehead atoms. The van der Waals surface area contributed by atoms with E-state index in [0.717, 1.165) is 6.42 Å². The Bertz CT molecular complexity index is 686. The standard InChI is InChI=1S/C17H19N3O4/c1-22-14-8-12(9-15(10-14)23-2)17(21)20-7-5-13(11-20)24-16-4-3-6-18-19-16/h3-4,6,8-10,13H,5,7,11H2,1-2H3. The highest BCUT2D eigenvalue weighted by molar-refractivity contribution is 5.95. The number of rotatable bonds is 5. The molecule has 1 aromatic heterocycles. The van der Waals surface area contributed by atoms with Gasteiger partial charge in [-0.15, -0.1) is 5.10 Å². The van der Waals surface area contributed by atoms with Crippen LogP contribution in [-0.4, -0.2) is 54.4 Å². The minimum Gasteiger partial charge on any atom is -0.497 e. The molecule has 24 heavy (non-hydrogen) atoms. The number of methoxy groups -OCH3 is 2. The Balaban J connectivity index is 1.68. The SMILES string of the molecule is COc1cc(OC)cc(C(=O)N2CCC(Oc3cccnn3)C2)c1. The molecule has 1 saturated heterocycles. The summed E-state index contributed by atoms with van der Waals surface area (Å²) in [6.07, 6.45) is 2.26. The van der Waals surface area contributed by atoms with Gasteiger partial charge in [0.15, 0.2) is 0 Å². The molecular weight excluding hydrogens is 310 g/mol. The average molecular weight is 329 g/mol. The summed E-state index contributed by atoms with van der Waals surface area (Å²) in [7, 11) is 3.12. The van der Waals surface area contributed by atoms with E-state index in [1.165, 1.54) is 0 Å². The number of benzene rings is 1. The van der Waals surface area contributed by atoms with Gasteiger partial charge in [0.1, 0.15) is 17.6 Å². The van der Waals surface area contributed by atoms with Gasteiger partial charge in [-0.25, -0.2) is 0 Å². The first-order chi connectivity index (χ1) is 11.7. The van der Waals surface area contributed by atoms with Crippen LogP contribution in [0, 0.1) is 0 Å². The second-order valence-corrected chi connectivity index (χ2v) is 5.44. The van der Waals surface area contributed by atoms with E-state index in [4.69, 9.17) is 14.2 Å². The van der Waals surface area contributed by atoms with E-state index in [1.54, 1.807) is 55.6 Å². The topological polar surface area (TPSA) is 73.8 Å². The molecule has 1 aliphatic rings. The Kier molecular flexibility index (Phi) is 4.79. The van der Waals surface area contributed by atoms with Crippen molar-refractivity contribution in [2.75, 3.05) is 27.3 Å². The number of ether oxygens (including phenoxy) is 3. The predicted molar refractivity (Wildman–Crippen MR) is 86.5 cm³/mol. The van der Waals surface area contributed by atoms with Gasteiger partial charge in [-0.3, -0.25) is 4.79 Å². The molecule has 1 atom stereocenters. The molecule has 1 unspecified atom stereocenters. The third-order valence-electron chi connectivity index (χ3n) is 3.87. The normalized spacial score (nSPS) is 16.8. The van der Waals surface area contributed by atoms with Crippen molar-refractivity contribution in [1.82, 2.24) is 15.1 Å². The van der Waals surface area contributed by atoms with Crippen molar-refractivity contribution in [1.29, 1.82) is 0 Å². The van der Waals surface area contributed by atoms with Crippen molar-refractivity contribution in [2.45, 2.75) is 12.5 Å². The van der Waals surface area contributed by atoms with Crippen molar-refractivity contribution < 1.29 is 19.0 Å². The van der Waals surface area contributed by atoms with Gasteiger partial charge in [0, 0.05) is 36.9 Å². The minimum absolute atomic E-state index is 0.0718. The highest BCUT2D eigenvalue weighted by Gasteiger charge is 2.29. The van der Waals surface area contributed by atoms with E-state index >= 15 is 0 Å². The van der Waals surface area contributed by atoms with Crippen molar-refractivity contribution in [3.63, 3.8) is 0 Å². The highest BCUT2D eigenvalue weighted by atomic mass is 16.5. The summed E-state index contributed by atoms with van der Waals surface area (Å²) < 4.78 is 16.2. The maximum absolute atomic E-state index is 12.7. The van der Waals surface area contributed by atoms with E-state index in [0.29, 0.717) is 36.0 Å². The molecule has 1 fully saturated rings. The van der Waals surface area contributed by atoms with E-state index in [9.17, 15) is 4.79 Å². The van der Waals surface area contributed by atoms with Gasteiger partial charge in [-0.1, -0.05) is 0 Å². The molecule has 0 spiro atoms. The molecule has 2 heterocycles. The van der Waals surface area contributed by atoms with Gasteiger partial charge in [0.2, 0.25) is 5.88 Å². The number of hydrogen-bond acceptors (Lipinski definition) is 6. The second kappa shape index (κ2) is 7.16. The third-order valence-corrected chi connectivity index (χ3v) is 3.87. The first-order valence-electron chi connectivity index (χ1n) is 7.66. The van der Waals surface area contributed by atoms with Crippen molar-refractivity contribution >= 4 is 5.91 Å². The molecule has 3 rings (SSSR count). The number of likely N-dealkylation sites (tertiary alicyclic amines) is 1. The van der Waals surface area contributed by atoms with Crippen molar-refractivity contribution in [3.8, 4) is 17.4 Å². The van der Waals surface area contributed by atoms with Crippen molar-refractivity contribution in [3.05, 3.63) is 42.1 Å². The number of hydrogen-bond donors (Lipinski definition) is 0. The predicted octanol–water partition coefficient (Wildman–Crippen LogP) is 1.79. The summed E-state index contributed by atoms with van der Waals surface area (Å²) in [4.78, 5) is 14.5. The zero-order valence-corrected chi connectivity index (χ0v) is 13.6. The molecular formula is C17H19N3O4. The van der Waals surface area contributed by atoms with Crippen LogP contribution in [0.25, 0.3) is 0 Å². The van der Waals surface area contributed by atoms with E-state index < -0.39 is 0 Å². The summed E-state index contributed by atoms with van der Waals surface area (Å²) >= 11 is 0. The zero-order valence-electron chi connectivity index (χ0n) is 13.6. The van der Waals surface area contributed by atoms with Crippen LogP contribution in [0.3, 0.4) is 0 Å². The molecule has 1 aromatic carbocycles. The van der Waals surface area contributed by atoms with Crippen LogP contribution in [0.15, 0.2) is 36.5 Å². The van der Waals surface area contributed by atoms with Crippen LogP contribution >= 0.6 is 0 Å². The fourth-order valence-corrected chi connectivity index (χ4v) is 2.64. The zero-order chi connectivity index (χ0) is 16.9. The highest BCUT2D eigenvalue weighted by Crippen LogP contribution is 2.25. The minimum atomic E-state index is -0.0850. The fraction of sp³-hybridized carbons (Fsp3) is 0.353. The Labute approximate surface area is 140 Å². The van der Waals surface area contributed by atoms with Crippen LogP contribution in [-0.2, 0) is 0 Å². The summed E-state index contributed by atoms with van der Waals surface area (Å²) in [6.45, 7) is 1.14. The summed E-state index contributed by atoms with van der Waals surface area (Å²) in [5, 5.41) is 7.69. The molecule has 7 nitrogen and oxygen atoms in total. The Morgan fingerprint density at radius 3 is 2.58 bits per heavy atom. The first-order valence-corrected chi connectivity index (χ1v) is 7.66. The van der Waals surface area contributed by atoms with Crippen LogP contribution in [0.2, 0.25) is 0 Å². The molecule has 0 saturated carbocycles. The van der Waals surface area contributed by atoms with E-state index in [-0.39, 0.29) is 12.0 Å². The second-order valence-electron chi connectivity index (χ2n) is 5.44. The molecule has 2 aromatic rings. The number of carbonyl (C=O) groups excluding carboxylic acids is 1. The fourth-order valence-electron chi connectivity index (χ4n) is 2.64. The van der Waals surface area contributed by atoms with Gasteiger partial charge in [-0.05, 0) is 18.2 Å². The van der Waals surface area contributed by atoms with E-state index in [2.05, 4.69) is 10.2 Å². The molecule has 1 aliphatic heterocycles. The first kappa shape index (κ1) is 16.0. The Hall–Kier alpha value is -2.83. The largest absolute Gasteiger partial charge is 0.497 e. The molecule has 0 N–H and O–H groups in total. The van der Waals surface area contributed by atoms with Gasteiger partial charge in [-0.2, -0.15) is 5.10 Å². The number of amides is 1. The Morgan fingerprint density at radius 1 is 1.21 bits per heavy atom. The molecule has 7 heteroatoms. The van der Waals surface area contributed by atoms with Gasteiger partial charge in [0.05, 0.1) is 20.8 Å². The van der Waals surface area contributed by atoms with Crippen LogP contribution in [0.1, 0.15) is 16.8 Å². The van der Waals surface area contributed by atoms with Crippen LogP contribution in [0.5, 0.6) is 17.4 Å². The van der Waals surface area contributed by atoms with Crippen LogP contribution in [0.4, 0.5) is 0 Å². The molecule has 0 aliphatic carbocycles. The Morgan fingerprint density at radius 2 is 1.96 bits per heavy atom. The monoisotopic (exact) mass is 329 g/mol. The summed E-state index contributed by atoms with van der Waals surface area (Å²) in [5.74, 6) is 1.57. The molecule has 126 valence electrons. The summed E-state index contributed by atoms with van der Waals surface area (Å²) in [6, 6.07) is 8.68. The van der Waals surface area contributed by atoms with E-state index in [1.807, 2.05) is 0 Å². The lowest BCUT2D eigenvalue weighted by molar-refractivity contribution is 0.0770. The van der Waals surface area contributed by atoms with Gasteiger partial charge in [0.25, 0.3) is 5.91 Å². The number of nitrogens with zero attached hydrogens (tertiary/aromatic N) is 3. The number of carbonyl (C=O) groups is 1. The lowest BCUT2D eigenvalue weighted by Gasteiger charge is -2.17. The molecule has 0 radical (unpaired) electrons. The van der Waals surface area contributed by atoms with Crippen LogP contribution < -0.4 is 14.2 Å². The lowest BCUT2D eigenvalue weighted by atomic mass is 10.1. The van der Waals surface area contributed by atoms with Gasteiger partial charge < -0.3 is 19.1 Å². The quantitative estimate of drug-likeness (QED) is 0.832. The maximum Gasteiger partial charge on any atom is 0.254 e.